The molecular formula is C27H37N5O3. The van der Waals surface area contributed by atoms with Crippen LogP contribution in [0.25, 0.3) is 11.1 Å². The summed E-state index contributed by atoms with van der Waals surface area (Å²) in [7, 11) is 0. The molecule has 1 amide bonds. The summed E-state index contributed by atoms with van der Waals surface area (Å²) in [5, 5.41) is 7.99. The molecule has 188 valence electrons. The third kappa shape index (κ3) is 6.50. The number of fused-ring (bicyclic) bond motifs is 1. The van der Waals surface area contributed by atoms with E-state index >= 15 is 0 Å². The summed E-state index contributed by atoms with van der Waals surface area (Å²) in [5.74, 6) is 3.50. The number of amides is 1. The van der Waals surface area contributed by atoms with Crippen LogP contribution in [0.1, 0.15) is 63.5 Å². The normalized spacial score (nSPS) is 18.1. The van der Waals surface area contributed by atoms with E-state index in [2.05, 4.69) is 41.1 Å². The van der Waals surface area contributed by atoms with E-state index in [4.69, 9.17) is 14.2 Å². The van der Waals surface area contributed by atoms with Crippen LogP contribution in [0.15, 0.2) is 28.8 Å². The summed E-state index contributed by atoms with van der Waals surface area (Å²) in [6.07, 6.45) is 4.12. The Balaban J connectivity index is 1.36. The number of hydrogen-bond donors (Lipinski definition) is 1. The summed E-state index contributed by atoms with van der Waals surface area (Å²) in [4.78, 5) is 24.3. The molecule has 3 aromatic rings. The summed E-state index contributed by atoms with van der Waals surface area (Å²) < 4.78 is 11.2. The fraction of sp³-hybridized carbons (Fsp3) is 0.556. The van der Waals surface area contributed by atoms with E-state index in [0.29, 0.717) is 42.8 Å². The largest absolute Gasteiger partial charge is 0.494 e. The van der Waals surface area contributed by atoms with E-state index in [0.717, 1.165) is 60.7 Å². The Kier molecular flexibility index (Phi) is 8.21. The van der Waals surface area contributed by atoms with Crippen molar-refractivity contribution in [3.63, 3.8) is 0 Å². The summed E-state index contributed by atoms with van der Waals surface area (Å²) in [5.41, 5.74) is 2.33. The van der Waals surface area contributed by atoms with Crippen LogP contribution in [-0.2, 0) is 17.8 Å². The lowest BCUT2D eigenvalue weighted by atomic mass is 9.92. The van der Waals surface area contributed by atoms with Crippen LogP contribution < -0.4 is 15.0 Å². The minimum absolute atomic E-state index is 0.0347. The van der Waals surface area contributed by atoms with Gasteiger partial charge in [-0.3, -0.25) is 4.79 Å². The van der Waals surface area contributed by atoms with Gasteiger partial charge in [0.2, 0.25) is 5.91 Å². The summed E-state index contributed by atoms with van der Waals surface area (Å²) in [6.45, 7) is 11.7. The van der Waals surface area contributed by atoms with Crippen LogP contribution in [0, 0.1) is 18.8 Å². The van der Waals surface area contributed by atoms with E-state index in [-0.39, 0.29) is 5.91 Å². The van der Waals surface area contributed by atoms with Gasteiger partial charge in [0.1, 0.15) is 22.8 Å². The number of benzene rings is 1. The number of nitrogens with one attached hydrogen (secondary N) is 1. The quantitative estimate of drug-likeness (QED) is 0.416. The summed E-state index contributed by atoms with van der Waals surface area (Å²) in [6, 6.07) is 7.86. The summed E-state index contributed by atoms with van der Waals surface area (Å²) >= 11 is 0. The van der Waals surface area contributed by atoms with Gasteiger partial charge in [-0.05, 0) is 49.3 Å². The Morgan fingerprint density at radius 1 is 1.17 bits per heavy atom. The predicted octanol–water partition coefficient (Wildman–Crippen LogP) is 4.84. The highest BCUT2D eigenvalue weighted by molar-refractivity contribution is 5.88. The molecule has 0 bridgehead atoms. The van der Waals surface area contributed by atoms with Gasteiger partial charge in [0.15, 0.2) is 0 Å². The molecule has 1 aromatic carbocycles. The second kappa shape index (κ2) is 11.5. The molecule has 0 radical (unpaired) electrons. The number of hydrogen-bond acceptors (Lipinski definition) is 7. The van der Waals surface area contributed by atoms with Crippen LogP contribution in [-0.4, -0.2) is 40.7 Å². The highest BCUT2D eigenvalue weighted by Crippen LogP contribution is 2.32. The Bertz CT molecular complexity index is 1120. The molecule has 3 heterocycles. The van der Waals surface area contributed by atoms with Crippen molar-refractivity contribution in [3.8, 4) is 5.75 Å². The number of unbranched alkanes of at least 4 members (excludes halogenated alkanes) is 1. The first-order valence-corrected chi connectivity index (χ1v) is 12.8. The number of carbonyl (C=O) groups is 1. The lowest BCUT2D eigenvalue weighted by Gasteiger charge is -2.36. The van der Waals surface area contributed by atoms with Crippen LogP contribution in [0.5, 0.6) is 5.75 Å². The molecule has 0 unspecified atom stereocenters. The van der Waals surface area contributed by atoms with Gasteiger partial charge in [-0.15, -0.1) is 0 Å². The average Bonchev–Trinajstić information content (AvgIpc) is 3.22. The molecular weight excluding hydrogens is 442 g/mol. The maximum absolute atomic E-state index is 12.5. The molecule has 1 saturated heterocycles. The minimum Gasteiger partial charge on any atom is -0.494 e. The molecule has 0 aliphatic carbocycles. The topological polar surface area (TPSA) is 93.4 Å². The smallest absolute Gasteiger partial charge is 0.263 e. The van der Waals surface area contributed by atoms with Crippen molar-refractivity contribution in [2.75, 3.05) is 24.6 Å². The fourth-order valence-corrected chi connectivity index (χ4v) is 4.74. The van der Waals surface area contributed by atoms with Crippen LogP contribution in [0.2, 0.25) is 0 Å². The predicted molar refractivity (Wildman–Crippen MR) is 137 cm³/mol. The first-order valence-electron chi connectivity index (χ1n) is 12.8. The van der Waals surface area contributed by atoms with Gasteiger partial charge in [-0.1, -0.05) is 44.5 Å². The zero-order valence-electron chi connectivity index (χ0n) is 21.3. The van der Waals surface area contributed by atoms with Crippen molar-refractivity contribution in [2.24, 2.45) is 11.8 Å². The zero-order valence-corrected chi connectivity index (χ0v) is 21.3. The second-order valence-corrected chi connectivity index (χ2v) is 9.89. The molecule has 2 atom stereocenters. The van der Waals surface area contributed by atoms with Gasteiger partial charge >= 0.3 is 0 Å². The molecule has 1 aliphatic heterocycles. The number of carbonyl (C=O) groups excluding carboxylic acids is 1. The first-order chi connectivity index (χ1) is 16.9. The maximum Gasteiger partial charge on any atom is 0.263 e. The Hall–Kier alpha value is -3.16. The molecule has 1 fully saturated rings. The molecule has 2 aromatic heterocycles. The zero-order chi connectivity index (χ0) is 24.8. The second-order valence-electron chi connectivity index (χ2n) is 9.89. The molecule has 35 heavy (non-hydrogen) atoms. The van der Waals surface area contributed by atoms with Crippen molar-refractivity contribution in [2.45, 2.75) is 66.3 Å². The van der Waals surface area contributed by atoms with Crippen molar-refractivity contribution in [1.82, 2.24) is 20.4 Å². The van der Waals surface area contributed by atoms with Gasteiger partial charge in [-0.25, -0.2) is 4.98 Å². The highest BCUT2D eigenvalue weighted by Gasteiger charge is 2.27. The van der Waals surface area contributed by atoms with E-state index in [1.807, 2.05) is 31.2 Å². The number of aryl methyl sites for hydroxylation is 2. The number of aromatic nitrogens is 3. The van der Waals surface area contributed by atoms with Gasteiger partial charge in [-0.2, -0.15) is 4.98 Å². The van der Waals surface area contributed by atoms with E-state index in [1.165, 1.54) is 6.42 Å². The van der Waals surface area contributed by atoms with Gasteiger partial charge in [0, 0.05) is 32.5 Å². The Morgan fingerprint density at radius 3 is 2.63 bits per heavy atom. The third-order valence-electron chi connectivity index (χ3n) is 6.46. The molecule has 8 heteroatoms. The fourth-order valence-electron chi connectivity index (χ4n) is 4.74. The third-order valence-corrected chi connectivity index (χ3v) is 6.46. The first kappa shape index (κ1) is 24.9. The minimum atomic E-state index is -0.0347. The average molecular weight is 480 g/mol. The number of piperidine rings is 1. The highest BCUT2D eigenvalue weighted by atomic mass is 16.5. The number of rotatable bonds is 10. The molecule has 0 saturated carbocycles. The van der Waals surface area contributed by atoms with Crippen LogP contribution in [0.3, 0.4) is 0 Å². The Morgan fingerprint density at radius 2 is 1.91 bits per heavy atom. The lowest BCUT2D eigenvalue weighted by Crippen LogP contribution is -2.39. The molecule has 4 rings (SSSR count). The van der Waals surface area contributed by atoms with Gasteiger partial charge < -0.3 is 19.5 Å². The van der Waals surface area contributed by atoms with Crippen molar-refractivity contribution in [1.29, 1.82) is 0 Å². The standard InChI is InChI=1S/C27H37N5O3/c1-5-6-13-34-22-9-7-21(8-10-22)15-28-24(33)12-11-23-29-26(25-20(4)31-35-27(25)30-23)32-16-18(2)14-19(3)17-32/h7-10,18-19H,5-6,11-17H2,1-4H3,(H,28,33)/t18-,19+. The van der Waals surface area contributed by atoms with Crippen molar-refractivity contribution in [3.05, 3.63) is 41.3 Å². The van der Waals surface area contributed by atoms with Crippen molar-refractivity contribution < 1.29 is 14.1 Å². The molecule has 1 N–H and O–H groups in total. The van der Waals surface area contributed by atoms with E-state index in [1.54, 1.807) is 0 Å². The SMILES string of the molecule is CCCCOc1ccc(CNC(=O)CCc2nc(N3C[C@H](C)C[C@H](C)C3)c3c(C)noc3n2)cc1. The lowest BCUT2D eigenvalue weighted by molar-refractivity contribution is -0.121. The van der Waals surface area contributed by atoms with Gasteiger partial charge in [0.05, 0.1) is 12.3 Å². The van der Waals surface area contributed by atoms with Crippen molar-refractivity contribution >= 4 is 22.8 Å². The van der Waals surface area contributed by atoms with Gasteiger partial charge in [0.25, 0.3) is 5.71 Å². The van der Waals surface area contributed by atoms with Crippen LogP contribution >= 0.6 is 0 Å². The van der Waals surface area contributed by atoms with Crippen LogP contribution in [0.4, 0.5) is 5.82 Å². The number of anilines is 1. The number of nitrogens with zero attached hydrogens (tertiary/aromatic N) is 4. The van der Waals surface area contributed by atoms with E-state index in [9.17, 15) is 4.79 Å². The molecule has 1 aliphatic rings. The van der Waals surface area contributed by atoms with E-state index < -0.39 is 0 Å². The number of ether oxygens (including phenoxy) is 1. The maximum atomic E-state index is 12.5. The monoisotopic (exact) mass is 479 g/mol. The Labute approximate surface area is 207 Å². The molecule has 0 spiro atoms. The molecule has 8 nitrogen and oxygen atoms in total.